The lowest BCUT2D eigenvalue weighted by atomic mass is 10.1. The normalized spacial score (nSPS) is 16.2. The van der Waals surface area contributed by atoms with Crippen LogP contribution in [0.5, 0.6) is 0 Å². The molecule has 2 amide bonds. The molecule has 0 saturated carbocycles. The van der Waals surface area contributed by atoms with Crippen molar-refractivity contribution in [2.45, 2.75) is 6.04 Å². The maximum absolute atomic E-state index is 12.5. The van der Waals surface area contributed by atoms with E-state index in [9.17, 15) is 9.59 Å². The number of nitrogens with two attached hydrogens (primary N) is 1. The van der Waals surface area contributed by atoms with E-state index in [-0.39, 0.29) is 11.8 Å². The molecule has 1 saturated heterocycles. The van der Waals surface area contributed by atoms with Crippen LogP contribution in [0.4, 0.5) is 0 Å². The summed E-state index contributed by atoms with van der Waals surface area (Å²) in [6.07, 6.45) is 1.48. The fraction of sp³-hybridized carbons (Fsp3) is 0.294. The lowest BCUT2D eigenvalue weighted by Gasteiger charge is -2.35. The minimum Gasteiger partial charge on any atom is -0.459 e. The molecule has 0 spiro atoms. The molecular formula is C17H19N3O3. The second-order valence-corrected chi connectivity index (χ2v) is 5.48. The van der Waals surface area contributed by atoms with Gasteiger partial charge in [-0.15, -0.1) is 0 Å². The molecule has 2 aromatic rings. The first kappa shape index (κ1) is 15.3. The van der Waals surface area contributed by atoms with Crippen molar-refractivity contribution in [3.8, 4) is 0 Å². The van der Waals surface area contributed by atoms with Crippen LogP contribution in [0.3, 0.4) is 0 Å². The minimum atomic E-state index is -0.663. The molecular weight excluding hydrogens is 294 g/mol. The molecule has 6 heteroatoms. The predicted molar refractivity (Wildman–Crippen MR) is 84.6 cm³/mol. The van der Waals surface area contributed by atoms with Gasteiger partial charge in [-0.25, -0.2) is 0 Å². The van der Waals surface area contributed by atoms with Gasteiger partial charge in [0.05, 0.1) is 6.26 Å². The average molecular weight is 313 g/mol. The Morgan fingerprint density at radius 3 is 2.22 bits per heavy atom. The number of rotatable bonds is 3. The lowest BCUT2D eigenvalue weighted by molar-refractivity contribution is -0.134. The SMILES string of the molecule is NC(C(=O)N1CCN(C(=O)c2ccco2)CC1)c1ccccc1. The van der Waals surface area contributed by atoms with Crippen LogP contribution in [-0.4, -0.2) is 47.8 Å². The van der Waals surface area contributed by atoms with Gasteiger partial charge < -0.3 is 20.0 Å². The Balaban J connectivity index is 1.58. The zero-order valence-corrected chi connectivity index (χ0v) is 12.7. The molecule has 6 nitrogen and oxygen atoms in total. The van der Waals surface area contributed by atoms with Gasteiger partial charge in [0.2, 0.25) is 5.91 Å². The van der Waals surface area contributed by atoms with E-state index < -0.39 is 6.04 Å². The third-order valence-electron chi connectivity index (χ3n) is 4.04. The zero-order chi connectivity index (χ0) is 16.2. The summed E-state index contributed by atoms with van der Waals surface area (Å²) in [5, 5.41) is 0. The molecule has 2 heterocycles. The Labute approximate surface area is 134 Å². The van der Waals surface area contributed by atoms with Crippen LogP contribution >= 0.6 is 0 Å². The number of benzene rings is 1. The van der Waals surface area contributed by atoms with Gasteiger partial charge in [0, 0.05) is 26.2 Å². The summed E-state index contributed by atoms with van der Waals surface area (Å²) < 4.78 is 5.13. The Morgan fingerprint density at radius 2 is 1.61 bits per heavy atom. The van der Waals surface area contributed by atoms with E-state index >= 15 is 0 Å². The first-order chi connectivity index (χ1) is 11.2. The minimum absolute atomic E-state index is 0.110. The number of carbonyl (C=O) groups is 2. The van der Waals surface area contributed by atoms with Crippen molar-refractivity contribution in [3.05, 3.63) is 60.1 Å². The van der Waals surface area contributed by atoms with Crippen molar-refractivity contribution < 1.29 is 14.0 Å². The number of carbonyl (C=O) groups excluding carboxylic acids is 2. The molecule has 1 fully saturated rings. The van der Waals surface area contributed by atoms with Crippen LogP contribution in [-0.2, 0) is 4.79 Å². The van der Waals surface area contributed by atoms with Crippen molar-refractivity contribution in [2.24, 2.45) is 5.73 Å². The van der Waals surface area contributed by atoms with Gasteiger partial charge in [0.1, 0.15) is 6.04 Å². The highest BCUT2D eigenvalue weighted by molar-refractivity contribution is 5.91. The standard InChI is InChI=1S/C17H19N3O3/c18-15(13-5-2-1-3-6-13)17(22)20-10-8-19(9-11-20)16(21)14-7-4-12-23-14/h1-7,12,15H,8-11,18H2. The van der Waals surface area contributed by atoms with Crippen molar-refractivity contribution in [1.29, 1.82) is 0 Å². The predicted octanol–water partition coefficient (Wildman–Crippen LogP) is 1.26. The Kier molecular flexibility index (Phi) is 4.43. The maximum atomic E-state index is 12.5. The number of nitrogens with zero attached hydrogens (tertiary/aromatic N) is 2. The topological polar surface area (TPSA) is 79.8 Å². The summed E-state index contributed by atoms with van der Waals surface area (Å²) in [6.45, 7) is 1.91. The van der Waals surface area contributed by atoms with Crippen LogP contribution in [0.2, 0.25) is 0 Å². The monoisotopic (exact) mass is 313 g/mol. The molecule has 1 aromatic heterocycles. The fourth-order valence-corrected chi connectivity index (χ4v) is 2.69. The molecule has 1 aliphatic rings. The molecule has 1 aromatic carbocycles. The summed E-state index contributed by atoms with van der Waals surface area (Å²) >= 11 is 0. The largest absolute Gasteiger partial charge is 0.459 e. The molecule has 1 aliphatic heterocycles. The van der Waals surface area contributed by atoms with E-state index in [0.717, 1.165) is 5.56 Å². The highest BCUT2D eigenvalue weighted by Gasteiger charge is 2.28. The van der Waals surface area contributed by atoms with Crippen LogP contribution in [0.15, 0.2) is 53.1 Å². The second kappa shape index (κ2) is 6.66. The van der Waals surface area contributed by atoms with Crippen LogP contribution < -0.4 is 5.73 Å². The summed E-state index contributed by atoms with van der Waals surface area (Å²) in [5.41, 5.74) is 6.85. The number of amides is 2. The molecule has 0 radical (unpaired) electrons. The van der Waals surface area contributed by atoms with Gasteiger partial charge in [-0.2, -0.15) is 0 Å². The van der Waals surface area contributed by atoms with E-state index in [1.54, 1.807) is 21.9 Å². The second-order valence-electron chi connectivity index (χ2n) is 5.48. The van der Waals surface area contributed by atoms with Crippen molar-refractivity contribution in [2.75, 3.05) is 26.2 Å². The first-order valence-corrected chi connectivity index (χ1v) is 7.59. The van der Waals surface area contributed by atoms with Gasteiger partial charge in [0.15, 0.2) is 5.76 Å². The van der Waals surface area contributed by atoms with E-state index in [1.165, 1.54) is 6.26 Å². The zero-order valence-electron chi connectivity index (χ0n) is 12.7. The number of furan rings is 1. The molecule has 120 valence electrons. The van der Waals surface area contributed by atoms with E-state index in [1.807, 2.05) is 30.3 Å². The number of hydrogen-bond acceptors (Lipinski definition) is 4. The highest BCUT2D eigenvalue weighted by Crippen LogP contribution is 2.15. The summed E-state index contributed by atoms with van der Waals surface area (Å²) in [6, 6.07) is 12.0. The van der Waals surface area contributed by atoms with Gasteiger partial charge >= 0.3 is 0 Å². The van der Waals surface area contributed by atoms with Gasteiger partial charge in [-0.1, -0.05) is 30.3 Å². The average Bonchev–Trinajstić information content (AvgIpc) is 3.15. The van der Waals surface area contributed by atoms with Gasteiger partial charge in [-0.3, -0.25) is 9.59 Å². The Bertz CT molecular complexity index is 662. The molecule has 2 N–H and O–H groups in total. The van der Waals surface area contributed by atoms with Crippen molar-refractivity contribution in [3.63, 3.8) is 0 Å². The smallest absolute Gasteiger partial charge is 0.289 e. The van der Waals surface area contributed by atoms with E-state index in [4.69, 9.17) is 10.2 Å². The summed E-state index contributed by atoms with van der Waals surface area (Å²) in [4.78, 5) is 28.1. The lowest BCUT2D eigenvalue weighted by Crippen LogP contribution is -2.52. The van der Waals surface area contributed by atoms with Crippen LogP contribution in [0.1, 0.15) is 22.2 Å². The van der Waals surface area contributed by atoms with Crippen LogP contribution in [0.25, 0.3) is 0 Å². The first-order valence-electron chi connectivity index (χ1n) is 7.59. The fourth-order valence-electron chi connectivity index (χ4n) is 2.69. The Hall–Kier alpha value is -2.60. The van der Waals surface area contributed by atoms with Crippen LogP contribution in [0, 0.1) is 0 Å². The quantitative estimate of drug-likeness (QED) is 0.925. The molecule has 1 atom stereocenters. The third-order valence-corrected chi connectivity index (χ3v) is 4.04. The van der Waals surface area contributed by atoms with Crippen molar-refractivity contribution >= 4 is 11.8 Å². The molecule has 23 heavy (non-hydrogen) atoms. The molecule has 3 rings (SSSR count). The number of piperazine rings is 1. The summed E-state index contributed by atoms with van der Waals surface area (Å²) in [7, 11) is 0. The molecule has 0 bridgehead atoms. The van der Waals surface area contributed by atoms with Gasteiger partial charge in [0.25, 0.3) is 5.91 Å². The summed E-state index contributed by atoms with van der Waals surface area (Å²) in [5.74, 6) is 0.0708. The molecule has 0 aliphatic carbocycles. The van der Waals surface area contributed by atoms with Gasteiger partial charge in [-0.05, 0) is 17.7 Å². The Morgan fingerprint density at radius 1 is 0.957 bits per heavy atom. The maximum Gasteiger partial charge on any atom is 0.289 e. The molecule has 1 unspecified atom stereocenters. The third kappa shape index (κ3) is 3.27. The van der Waals surface area contributed by atoms with E-state index in [2.05, 4.69) is 0 Å². The highest BCUT2D eigenvalue weighted by atomic mass is 16.3. The number of hydrogen-bond donors (Lipinski definition) is 1. The van der Waals surface area contributed by atoms with E-state index in [0.29, 0.717) is 31.9 Å². The van der Waals surface area contributed by atoms with Crippen molar-refractivity contribution in [1.82, 2.24) is 9.80 Å².